The van der Waals surface area contributed by atoms with Gasteiger partial charge in [-0.2, -0.15) is 0 Å². The molecule has 0 bridgehead atoms. The Morgan fingerprint density at radius 3 is 3.19 bits per heavy atom. The molecule has 0 spiro atoms. The summed E-state index contributed by atoms with van der Waals surface area (Å²) in [5.41, 5.74) is 2.42. The predicted molar refractivity (Wildman–Crippen MR) is 66.2 cm³/mol. The second-order valence-electron chi connectivity index (χ2n) is 3.96. The second kappa shape index (κ2) is 4.78. The Morgan fingerprint density at radius 1 is 1.62 bits per heavy atom. The number of hydrogen-bond acceptors (Lipinski definition) is 4. The smallest absolute Gasteiger partial charge is 0.305 e. The molecule has 0 saturated heterocycles. The third kappa shape index (κ3) is 2.32. The zero-order chi connectivity index (χ0) is 11.5. The highest BCUT2D eigenvalue weighted by atomic mass is 32.1. The van der Waals surface area contributed by atoms with Crippen LogP contribution >= 0.6 is 12.6 Å². The quantitative estimate of drug-likeness (QED) is 0.626. The van der Waals surface area contributed by atoms with Crippen molar-refractivity contribution < 1.29 is 9.53 Å². The van der Waals surface area contributed by atoms with Gasteiger partial charge in [0, 0.05) is 29.5 Å². The minimum atomic E-state index is -0.143. The van der Waals surface area contributed by atoms with Crippen LogP contribution in [0.25, 0.3) is 0 Å². The lowest BCUT2D eigenvalue weighted by molar-refractivity contribution is -0.140. The van der Waals surface area contributed by atoms with E-state index in [2.05, 4.69) is 28.7 Å². The van der Waals surface area contributed by atoms with Gasteiger partial charge in [-0.15, -0.1) is 12.6 Å². The lowest BCUT2D eigenvalue weighted by Crippen LogP contribution is -2.07. The SMILES string of the molecule is COC(=O)CCC1CNc2ccc(S)cc21. The molecule has 0 saturated carbocycles. The van der Waals surface area contributed by atoms with E-state index in [1.54, 1.807) is 0 Å². The van der Waals surface area contributed by atoms with E-state index in [9.17, 15) is 4.79 Å². The van der Waals surface area contributed by atoms with Crippen molar-refractivity contribution in [3.63, 3.8) is 0 Å². The largest absolute Gasteiger partial charge is 0.469 e. The van der Waals surface area contributed by atoms with Gasteiger partial charge in [0.05, 0.1) is 7.11 Å². The number of fused-ring (bicyclic) bond motifs is 1. The topological polar surface area (TPSA) is 38.3 Å². The van der Waals surface area contributed by atoms with Crippen LogP contribution in [-0.2, 0) is 9.53 Å². The van der Waals surface area contributed by atoms with Crippen LogP contribution in [0.5, 0.6) is 0 Å². The molecule has 1 N–H and O–H groups in total. The summed E-state index contributed by atoms with van der Waals surface area (Å²) in [5, 5.41) is 3.33. The molecule has 0 radical (unpaired) electrons. The fraction of sp³-hybridized carbons (Fsp3) is 0.417. The number of carbonyl (C=O) groups excluding carboxylic acids is 1. The highest BCUT2D eigenvalue weighted by Crippen LogP contribution is 2.35. The zero-order valence-electron chi connectivity index (χ0n) is 9.19. The van der Waals surface area contributed by atoms with E-state index < -0.39 is 0 Å². The Kier molecular flexibility index (Phi) is 3.39. The normalized spacial score (nSPS) is 17.8. The van der Waals surface area contributed by atoms with Crippen molar-refractivity contribution in [1.29, 1.82) is 0 Å². The first kappa shape index (κ1) is 11.3. The number of benzene rings is 1. The average Bonchev–Trinajstić information content (AvgIpc) is 2.68. The zero-order valence-corrected chi connectivity index (χ0v) is 10.1. The van der Waals surface area contributed by atoms with Crippen molar-refractivity contribution in [1.82, 2.24) is 0 Å². The van der Waals surface area contributed by atoms with Gasteiger partial charge in [0.2, 0.25) is 0 Å². The summed E-state index contributed by atoms with van der Waals surface area (Å²) in [5.74, 6) is 0.247. The van der Waals surface area contributed by atoms with Crippen LogP contribution in [0.2, 0.25) is 0 Å². The Morgan fingerprint density at radius 2 is 2.44 bits per heavy atom. The molecule has 86 valence electrons. The lowest BCUT2D eigenvalue weighted by Gasteiger charge is -2.09. The van der Waals surface area contributed by atoms with E-state index >= 15 is 0 Å². The molecule has 0 aliphatic carbocycles. The number of ether oxygens (including phenoxy) is 1. The summed E-state index contributed by atoms with van der Waals surface area (Å²) in [4.78, 5) is 12.1. The molecule has 1 aromatic rings. The van der Waals surface area contributed by atoms with Gasteiger partial charge in [0.25, 0.3) is 0 Å². The first-order chi connectivity index (χ1) is 7.70. The van der Waals surface area contributed by atoms with E-state index in [1.165, 1.54) is 12.7 Å². The van der Waals surface area contributed by atoms with Gasteiger partial charge < -0.3 is 10.1 Å². The highest BCUT2D eigenvalue weighted by Gasteiger charge is 2.22. The van der Waals surface area contributed by atoms with Gasteiger partial charge in [-0.05, 0) is 30.2 Å². The van der Waals surface area contributed by atoms with Gasteiger partial charge >= 0.3 is 5.97 Å². The van der Waals surface area contributed by atoms with Gasteiger partial charge in [-0.3, -0.25) is 4.79 Å². The molecule has 16 heavy (non-hydrogen) atoms. The van der Waals surface area contributed by atoms with Gasteiger partial charge in [0.15, 0.2) is 0 Å². The summed E-state index contributed by atoms with van der Waals surface area (Å²) in [6, 6.07) is 6.08. The molecule has 0 aromatic heterocycles. The Labute approximate surface area is 101 Å². The van der Waals surface area contributed by atoms with Crippen LogP contribution < -0.4 is 5.32 Å². The second-order valence-corrected chi connectivity index (χ2v) is 4.48. The molecule has 1 heterocycles. The third-order valence-corrected chi connectivity index (χ3v) is 3.22. The Bertz CT molecular complexity index is 406. The van der Waals surface area contributed by atoms with Gasteiger partial charge in [-0.1, -0.05) is 0 Å². The Balaban J connectivity index is 2.05. The molecule has 1 unspecified atom stereocenters. The minimum absolute atomic E-state index is 0.143. The summed E-state index contributed by atoms with van der Waals surface area (Å²) in [6.45, 7) is 0.892. The minimum Gasteiger partial charge on any atom is -0.469 e. The number of rotatable bonds is 3. The third-order valence-electron chi connectivity index (χ3n) is 2.94. The highest BCUT2D eigenvalue weighted by molar-refractivity contribution is 7.80. The summed E-state index contributed by atoms with van der Waals surface area (Å²) >= 11 is 4.33. The van der Waals surface area contributed by atoms with E-state index in [4.69, 9.17) is 0 Å². The van der Waals surface area contributed by atoms with E-state index in [0.29, 0.717) is 12.3 Å². The van der Waals surface area contributed by atoms with Crippen LogP contribution in [0, 0.1) is 0 Å². The fourth-order valence-electron chi connectivity index (χ4n) is 2.04. The lowest BCUT2D eigenvalue weighted by atomic mass is 9.96. The number of carbonyl (C=O) groups is 1. The van der Waals surface area contributed by atoms with Gasteiger partial charge in [0.1, 0.15) is 0 Å². The van der Waals surface area contributed by atoms with Crippen molar-refractivity contribution >= 4 is 24.3 Å². The number of thiol groups is 1. The molecule has 1 aliphatic heterocycles. The van der Waals surface area contributed by atoms with Crippen LogP contribution in [-0.4, -0.2) is 19.6 Å². The molecular formula is C12H15NO2S. The molecule has 3 nitrogen and oxygen atoms in total. The molecule has 4 heteroatoms. The maximum absolute atomic E-state index is 11.1. The van der Waals surface area contributed by atoms with Crippen LogP contribution in [0.3, 0.4) is 0 Å². The van der Waals surface area contributed by atoms with Crippen molar-refractivity contribution in [3.05, 3.63) is 23.8 Å². The molecule has 2 rings (SSSR count). The van der Waals surface area contributed by atoms with E-state index in [0.717, 1.165) is 23.5 Å². The molecular weight excluding hydrogens is 222 g/mol. The number of methoxy groups -OCH3 is 1. The molecule has 1 aromatic carbocycles. The van der Waals surface area contributed by atoms with Crippen LogP contribution in [0.15, 0.2) is 23.1 Å². The van der Waals surface area contributed by atoms with E-state index in [1.807, 2.05) is 12.1 Å². The number of hydrogen-bond donors (Lipinski definition) is 2. The summed E-state index contributed by atoms with van der Waals surface area (Å²) in [7, 11) is 1.43. The number of esters is 1. The number of anilines is 1. The molecule has 1 atom stereocenters. The first-order valence-corrected chi connectivity index (χ1v) is 5.79. The first-order valence-electron chi connectivity index (χ1n) is 5.34. The molecule has 0 amide bonds. The molecule has 0 fully saturated rings. The monoisotopic (exact) mass is 237 g/mol. The number of nitrogens with one attached hydrogen (secondary N) is 1. The average molecular weight is 237 g/mol. The summed E-state index contributed by atoms with van der Waals surface area (Å²) in [6.07, 6.45) is 1.29. The van der Waals surface area contributed by atoms with Gasteiger partial charge in [-0.25, -0.2) is 0 Å². The fourth-order valence-corrected chi connectivity index (χ4v) is 2.26. The van der Waals surface area contributed by atoms with Crippen molar-refractivity contribution in [2.45, 2.75) is 23.7 Å². The van der Waals surface area contributed by atoms with E-state index in [-0.39, 0.29) is 5.97 Å². The Hall–Kier alpha value is -1.16. The molecule has 1 aliphatic rings. The van der Waals surface area contributed by atoms with Crippen molar-refractivity contribution in [2.75, 3.05) is 19.0 Å². The summed E-state index contributed by atoms with van der Waals surface area (Å²) < 4.78 is 4.65. The van der Waals surface area contributed by atoms with Crippen molar-refractivity contribution in [2.24, 2.45) is 0 Å². The predicted octanol–water partition coefficient (Wildman–Crippen LogP) is 2.44. The maximum Gasteiger partial charge on any atom is 0.305 e. The van der Waals surface area contributed by atoms with Crippen LogP contribution in [0.1, 0.15) is 24.3 Å². The van der Waals surface area contributed by atoms with Crippen LogP contribution in [0.4, 0.5) is 5.69 Å². The standard InChI is InChI=1S/C12H15NO2S/c1-15-12(14)5-2-8-7-13-11-4-3-9(16)6-10(8)11/h3-4,6,8,13,16H,2,5,7H2,1H3. The van der Waals surface area contributed by atoms with Crippen molar-refractivity contribution in [3.8, 4) is 0 Å². The maximum atomic E-state index is 11.1.